The number of rotatable bonds is 4. The lowest BCUT2D eigenvalue weighted by Gasteiger charge is -2.23. The Balaban J connectivity index is 2.03. The van der Waals surface area contributed by atoms with Gasteiger partial charge in [0.05, 0.1) is 0 Å². The van der Waals surface area contributed by atoms with Gasteiger partial charge in [0.1, 0.15) is 0 Å². The number of carbonyl (C=O) groups is 1. The third-order valence-corrected chi connectivity index (χ3v) is 3.23. The summed E-state index contributed by atoms with van der Waals surface area (Å²) in [6, 6.07) is 7.89. The van der Waals surface area contributed by atoms with Crippen molar-refractivity contribution in [3.8, 4) is 0 Å². The Labute approximate surface area is 108 Å². The predicted octanol–water partition coefficient (Wildman–Crippen LogP) is 1.10. The zero-order chi connectivity index (χ0) is 12.8. The van der Waals surface area contributed by atoms with Crippen LogP contribution in [0, 0.1) is 0 Å². The molecule has 1 saturated heterocycles. The first-order chi connectivity index (χ1) is 8.81. The first kappa shape index (κ1) is 13.1. The van der Waals surface area contributed by atoms with Crippen molar-refractivity contribution < 1.29 is 9.53 Å². The van der Waals surface area contributed by atoms with E-state index in [1.807, 2.05) is 24.3 Å². The smallest absolute Gasteiger partial charge is 0.251 e. The number of nitrogens with one attached hydrogen (secondary N) is 1. The molecule has 1 aliphatic rings. The molecule has 1 heterocycles. The molecule has 0 saturated carbocycles. The Morgan fingerprint density at radius 2 is 2.06 bits per heavy atom. The fourth-order valence-electron chi connectivity index (χ4n) is 2.22. The van der Waals surface area contributed by atoms with E-state index < -0.39 is 0 Å². The quantitative estimate of drug-likeness (QED) is 0.838. The maximum absolute atomic E-state index is 12.2. The fourth-order valence-corrected chi connectivity index (χ4v) is 2.22. The van der Waals surface area contributed by atoms with Gasteiger partial charge in [0.25, 0.3) is 5.91 Å². The molecule has 0 bridgehead atoms. The Hall–Kier alpha value is -1.39. The van der Waals surface area contributed by atoms with Crippen LogP contribution in [-0.4, -0.2) is 31.7 Å². The van der Waals surface area contributed by atoms with Crippen LogP contribution in [0.25, 0.3) is 0 Å². The Bertz CT molecular complexity index is 401. The summed E-state index contributed by atoms with van der Waals surface area (Å²) in [5, 5.41) is 3.07. The van der Waals surface area contributed by atoms with E-state index in [-0.39, 0.29) is 11.9 Å². The number of hydrogen-bond donors (Lipinski definition) is 2. The SMILES string of the molecule is NCCc1ccccc1C(=O)NC1CCOCC1. The molecule has 1 fully saturated rings. The van der Waals surface area contributed by atoms with Gasteiger partial charge in [0.15, 0.2) is 0 Å². The van der Waals surface area contributed by atoms with Crippen LogP contribution in [0.3, 0.4) is 0 Å². The molecule has 1 aliphatic heterocycles. The summed E-state index contributed by atoms with van der Waals surface area (Å²) in [5.41, 5.74) is 7.33. The highest BCUT2D eigenvalue weighted by molar-refractivity contribution is 5.95. The molecular weight excluding hydrogens is 228 g/mol. The lowest BCUT2D eigenvalue weighted by Crippen LogP contribution is -2.39. The molecule has 98 valence electrons. The Kier molecular flexibility index (Phi) is 4.73. The van der Waals surface area contributed by atoms with Gasteiger partial charge in [-0.2, -0.15) is 0 Å². The molecule has 0 spiro atoms. The molecule has 0 unspecified atom stereocenters. The molecule has 4 nitrogen and oxygen atoms in total. The summed E-state index contributed by atoms with van der Waals surface area (Å²) in [4.78, 5) is 12.2. The average molecular weight is 248 g/mol. The van der Waals surface area contributed by atoms with Crippen LogP contribution in [0.2, 0.25) is 0 Å². The monoisotopic (exact) mass is 248 g/mol. The Morgan fingerprint density at radius 1 is 1.33 bits per heavy atom. The molecule has 1 amide bonds. The van der Waals surface area contributed by atoms with E-state index in [0.717, 1.165) is 43.6 Å². The molecule has 1 aromatic carbocycles. The van der Waals surface area contributed by atoms with Crippen LogP contribution in [0.5, 0.6) is 0 Å². The highest BCUT2D eigenvalue weighted by atomic mass is 16.5. The third kappa shape index (κ3) is 3.31. The second-order valence-corrected chi connectivity index (χ2v) is 4.56. The normalized spacial score (nSPS) is 16.5. The summed E-state index contributed by atoms with van der Waals surface area (Å²) >= 11 is 0. The third-order valence-electron chi connectivity index (χ3n) is 3.23. The van der Waals surface area contributed by atoms with Crippen molar-refractivity contribution in [3.63, 3.8) is 0 Å². The summed E-state index contributed by atoms with van der Waals surface area (Å²) in [7, 11) is 0. The lowest BCUT2D eigenvalue weighted by molar-refractivity contribution is 0.0696. The minimum atomic E-state index is 0.00551. The van der Waals surface area contributed by atoms with Crippen molar-refractivity contribution in [3.05, 3.63) is 35.4 Å². The van der Waals surface area contributed by atoms with Gasteiger partial charge >= 0.3 is 0 Å². The molecule has 2 rings (SSSR count). The van der Waals surface area contributed by atoms with Crippen molar-refractivity contribution in [1.29, 1.82) is 0 Å². The van der Waals surface area contributed by atoms with Crippen LogP contribution >= 0.6 is 0 Å². The van der Waals surface area contributed by atoms with Gasteiger partial charge in [-0.05, 0) is 37.4 Å². The molecule has 0 aliphatic carbocycles. The van der Waals surface area contributed by atoms with Crippen molar-refractivity contribution in [2.75, 3.05) is 19.8 Å². The van der Waals surface area contributed by atoms with Crippen molar-refractivity contribution in [2.24, 2.45) is 5.73 Å². The molecule has 0 radical (unpaired) electrons. The molecule has 1 aromatic rings. The van der Waals surface area contributed by atoms with Crippen molar-refractivity contribution in [1.82, 2.24) is 5.32 Å². The van der Waals surface area contributed by atoms with Crippen LogP contribution in [0.4, 0.5) is 0 Å². The van der Waals surface area contributed by atoms with E-state index >= 15 is 0 Å². The average Bonchev–Trinajstić information content (AvgIpc) is 2.41. The van der Waals surface area contributed by atoms with Crippen LogP contribution in [-0.2, 0) is 11.2 Å². The lowest BCUT2D eigenvalue weighted by atomic mass is 10.0. The zero-order valence-electron chi connectivity index (χ0n) is 10.5. The molecule has 0 atom stereocenters. The van der Waals surface area contributed by atoms with E-state index in [1.165, 1.54) is 0 Å². The number of carbonyl (C=O) groups excluding carboxylic acids is 1. The number of benzene rings is 1. The minimum Gasteiger partial charge on any atom is -0.381 e. The summed E-state index contributed by atoms with van der Waals surface area (Å²) in [6.45, 7) is 2.02. The number of amides is 1. The molecule has 3 N–H and O–H groups in total. The van der Waals surface area contributed by atoms with E-state index in [9.17, 15) is 4.79 Å². The van der Waals surface area contributed by atoms with E-state index in [2.05, 4.69) is 5.32 Å². The van der Waals surface area contributed by atoms with Crippen LogP contribution in [0.1, 0.15) is 28.8 Å². The largest absolute Gasteiger partial charge is 0.381 e. The molecule has 0 aromatic heterocycles. The van der Waals surface area contributed by atoms with E-state index in [0.29, 0.717) is 6.54 Å². The number of hydrogen-bond acceptors (Lipinski definition) is 3. The first-order valence-electron chi connectivity index (χ1n) is 6.48. The van der Waals surface area contributed by atoms with Gasteiger partial charge in [-0.15, -0.1) is 0 Å². The standard InChI is InChI=1S/C14H20N2O2/c15-8-5-11-3-1-2-4-13(11)14(17)16-12-6-9-18-10-7-12/h1-4,12H,5-10,15H2,(H,16,17). The highest BCUT2D eigenvalue weighted by Crippen LogP contribution is 2.12. The zero-order valence-corrected chi connectivity index (χ0v) is 10.5. The van der Waals surface area contributed by atoms with Crippen LogP contribution in [0.15, 0.2) is 24.3 Å². The Morgan fingerprint density at radius 3 is 2.78 bits per heavy atom. The number of nitrogens with two attached hydrogens (primary N) is 1. The predicted molar refractivity (Wildman–Crippen MR) is 70.5 cm³/mol. The van der Waals surface area contributed by atoms with E-state index in [4.69, 9.17) is 10.5 Å². The van der Waals surface area contributed by atoms with Gasteiger partial charge in [-0.25, -0.2) is 0 Å². The number of ether oxygens (including phenoxy) is 1. The van der Waals surface area contributed by atoms with Crippen molar-refractivity contribution >= 4 is 5.91 Å². The maximum atomic E-state index is 12.2. The summed E-state index contributed by atoms with van der Waals surface area (Å²) in [5.74, 6) is 0.00551. The molecular formula is C14H20N2O2. The minimum absolute atomic E-state index is 0.00551. The van der Waals surface area contributed by atoms with E-state index in [1.54, 1.807) is 0 Å². The van der Waals surface area contributed by atoms with Gasteiger partial charge in [-0.1, -0.05) is 18.2 Å². The highest BCUT2D eigenvalue weighted by Gasteiger charge is 2.18. The maximum Gasteiger partial charge on any atom is 0.251 e. The van der Waals surface area contributed by atoms with Gasteiger partial charge in [-0.3, -0.25) is 4.79 Å². The van der Waals surface area contributed by atoms with Gasteiger partial charge < -0.3 is 15.8 Å². The summed E-state index contributed by atoms with van der Waals surface area (Å²) in [6.07, 6.45) is 2.52. The first-order valence-corrected chi connectivity index (χ1v) is 6.48. The van der Waals surface area contributed by atoms with Crippen molar-refractivity contribution in [2.45, 2.75) is 25.3 Å². The van der Waals surface area contributed by atoms with Crippen LogP contribution < -0.4 is 11.1 Å². The second-order valence-electron chi connectivity index (χ2n) is 4.56. The second kappa shape index (κ2) is 6.52. The molecule has 18 heavy (non-hydrogen) atoms. The fraction of sp³-hybridized carbons (Fsp3) is 0.500. The summed E-state index contributed by atoms with van der Waals surface area (Å²) < 4.78 is 5.28. The topological polar surface area (TPSA) is 64.4 Å². The molecule has 4 heteroatoms. The van der Waals surface area contributed by atoms with Gasteiger partial charge in [0.2, 0.25) is 0 Å². The van der Waals surface area contributed by atoms with Gasteiger partial charge in [0, 0.05) is 24.8 Å².